The number of halogens is 9. The van der Waals surface area contributed by atoms with Crippen LogP contribution in [0.15, 0.2) is 143 Å². The predicted octanol–water partition coefficient (Wildman–Crippen LogP) is 13.7. The molecule has 6 bridgehead atoms. The molecule has 0 N–H and O–H groups in total. The third-order valence-electron chi connectivity index (χ3n) is 10.4. The number of benzene rings is 4. The van der Waals surface area contributed by atoms with Crippen LogP contribution in [0.3, 0.4) is 0 Å². The van der Waals surface area contributed by atoms with Crippen molar-refractivity contribution < 1.29 is 0 Å². The molecule has 0 fully saturated rings. The monoisotopic (exact) mass is 932 g/mol. The molecule has 0 saturated carbocycles. The minimum absolute atomic E-state index is 0.413. The Hall–Kier alpha value is -3.91. The van der Waals surface area contributed by atoms with E-state index in [1.54, 1.807) is 72.8 Å². The first kappa shape index (κ1) is 38.3. The molecule has 4 nitrogen and oxygen atoms in total. The van der Waals surface area contributed by atoms with E-state index in [2.05, 4.69) is 0 Å². The summed E-state index contributed by atoms with van der Waals surface area (Å²) in [6.45, 7) is 0. The van der Waals surface area contributed by atoms with Crippen LogP contribution in [0, 0.1) is 0 Å². The standard InChI is InChI=1S/C45H21Cl9N4/c46-21-5-1-6-22(47)37(21)41-29-13-14-30(55-29)42(38-23(48)7-2-8-24(38)49)35-19-20-36-44(40-27(52)11-4-12-28(40)53)32-16-15-31(56-32)43(39-25(50)9-3-10-26(39)51)34-18-17-33(41)57(34)45(54)58(35)36/h1-20,45H. The van der Waals surface area contributed by atoms with Gasteiger partial charge in [-0.2, -0.15) is 0 Å². The van der Waals surface area contributed by atoms with Crippen LogP contribution in [-0.2, 0) is 0 Å². The van der Waals surface area contributed by atoms with Crippen LogP contribution >= 0.6 is 104 Å². The van der Waals surface area contributed by atoms with E-state index in [9.17, 15) is 0 Å². The molecule has 0 spiro atoms. The first-order valence-corrected chi connectivity index (χ1v) is 21.1. The first-order chi connectivity index (χ1) is 28.0. The van der Waals surface area contributed by atoms with Gasteiger partial charge in [0.05, 0.1) is 85.1 Å². The number of aliphatic imine (C=N–C) groups is 2. The summed E-state index contributed by atoms with van der Waals surface area (Å²) in [5.74, 6) is 0. The SMILES string of the molecule is Clc1cccc(Cl)c1C1=C2C=CC(=N2)C(c2c(Cl)cccc2Cl)=c2ccc3n2C(Cl)n2c1ccc2C(c1c(Cl)cccc1Cl)=C1C=CC(=N1)C=3c1c(Cl)cccc1Cl. The Bertz CT molecular complexity index is 2890. The van der Waals surface area contributed by atoms with E-state index in [1.807, 2.05) is 57.7 Å². The lowest BCUT2D eigenvalue weighted by molar-refractivity contribution is 0.549. The zero-order chi connectivity index (χ0) is 40.1. The fourth-order valence-corrected chi connectivity index (χ4v) is 10.8. The second-order valence-corrected chi connectivity index (χ2v) is 17.2. The van der Waals surface area contributed by atoms with Crippen LogP contribution in [0.4, 0.5) is 0 Å². The Balaban J connectivity index is 1.50. The van der Waals surface area contributed by atoms with E-state index in [1.165, 1.54) is 0 Å². The van der Waals surface area contributed by atoms with Crippen molar-refractivity contribution in [2.75, 3.05) is 0 Å². The van der Waals surface area contributed by atoms with Crippen LogP contribution in [0.5, 0.6) is 0 Å². The maximum Gasteiger partial charge on any atom is 0.188 e. The Morgan fingerprint density at radius 1 is 0.362 bits per heavy atom. The van der Waals surface area contributed by atoms with E-state index in [0.29, 0.717) is 130 Å². The summed E-state index contributed by atoms with van der Waals surface area (Å²) in [7, 11) is 0. The van der Waals surface area contributed by atoms with Crippen LogP contribution in [-0.4, -0.2) is 20.6 Å². The zero-order valence-electron chi connectivity index (χ0n) is 29.3. The zero-order valence-corrected chi connectivity index (χ0v) is 36.1. The summed E-state index contributed by atoms with van der Waals surface area (Å²) >= 11 is 64.8. The predicted molar refractivity (Wildman–Crippen MR) is 244 cm³/mol. The van der Waals surface area contributed by atoms with Gasteiger partial charge in [-0.05, 0) is 97.1 Å². The molecule has 2 aromatic heterocycles. The van der Waals surface area contributed by atoms with Gasteiger partial charge in [-0.3, -0.25) is 0 Å². The second-order valence-electron chi connectivity index (χ2n) is 13.6. The summed E-state index contributed by atoms with van der Waals surface area (Å²) in [6.07, 6.45) is 7.70. The number of aromatic nitrogens is 2. The van der Waals surface area contributed by atoms with Gasteiger partial charge in [0.25, 0.3) is 0 Å². The lowest BCUT2D eigenvalue weighted by atomic mass is 9.99. The molecule has 6 aromatic rings. The van der Waals surface area contributed by atoms with Gasteiger partial charge < -0.3 is 9.13 Å². The van der Waals surface area contributed by atoms with Gasteiger partial charge in [0, 0.05) is 44.5 Å². The second kappa shape index (κ2) is 14.7. The van der Waals surface area contributed by atoms with Crippen molar-refractivity contribution in [3.05, 3.63) is 217 Å². The normalized spacial score (nSPS) is 16.7. The molecule has 4 aliphatic heterocycles. The number of nitrogens with zero attached hydrogens (tertiary/aromatic N) is 4. The number of fused-ring (bicyclic) bond motifs is 2. The minimum Gasteiger partial charge on any atom is -0.306 e. The number of hydrogen-bond acceptors (Lipinski definition) is 2. The van der Waals surface area contributed by atoms with Crippen molar-refractivity contribution in [2.24, 2.45) is 9.98 Å². The van der Waals surface area contributed by atoms with Crippen LogP contribution in [0.2, 0.25) is 40.2 Å². The highest BCUT2D eigenvalue weighted by Gasteiger charge is 2.35. The largest absolute Gasteiger partial charge is 0.306 e. The lowest BCUT2D eigenvalue weighted by Crippen LogP contribution is -2.38. The molecular weight excluding hydrogens is 916 g/mol. The average molecular weight is 937 g/mol. The number of rotatable bonds is 4. The molecule has 58 heavy (non-hydrogen) atoms. The Morgan fingerprint density at radius 3 is 1.00 bits per heavy atom. The van der Waals surface area contributed by atoms with Crippen LogP contribution < -0.4 is 10.7 Å². The van der Waals surface area contributed by atoms with Crippen molar-refractivity contribution in [2.45, 2.75) is 5.62 Å². The molecule has 0 radical (unpaired) electrons. The number of alkyl halides is 1. The summed E-state index contributed by atoms with van der Waals surface area (Å²) in [5, 5.41) is 4.59. The average Bonchev–Trinajstić information content (AvgIpc) is 4.01. The molecule has 0 saturated heterocycles. The summed E-state index contributed by atoms with van der Waals surface area (Å²) in [6, 6.07) is 29.4. The fourth-order valence-electron chi connectivity index (χ4n) is 8.06. The minimum atomic E-state index is -1.04. The lowest BCUT2D eigenvalue weighted by Gasteiger charge is -2.27. The van der Waals surface area contributed by atoms with Crippen molar-refractivity contribution in [3.8, 4) is 0 Å². The third kappa shape index (κ3) is 5.88. The molecule has 4 aliphatic rings. The molecular formula is C45H21Cl9N4. The van der Waals surface area contributed by atoms with Gasteiger partial charge in [0.15, 0.2) is 5.62 Å². The maximum atomic E-state index is 8.14. The molecule has 0 aliphatic carbocycles. The Morgan fingerprint density at radius 2 is 0.672 bits per heavy atom. The van der Waals surface area contributed by atoms with Gasteiger partial charge >= 0.3 is 0 Å². The van der Waals surface area contributed by atoms with Crippen molar-refractivity contribution in [1.29, 1.82) is 0 Å². The molecule has 10 rings (SSSR count). The van der Waals surface area contributed by atoms with Gasteiger partial charge in [-0.25, -0.2) is 9.98 Å². The van der Waals surface area contributed by atoms with Crippen molar-refractivity contribution >= 4 is 138 Å². The smallest absolute Gasteiger partial charge is 0.188 e. The molecule has 1 atom stereocenters. The van der Waals surface area contributed by atoms with Gasteiger partial charge in [0.1, 0.15) is 0 Å². The Labute approximate surface area is 377 Å². The van der Waals surface area contributed by atoms with Gasteiger partial charge in [-0.15, -0.1) is 0 Å². The number of allylic oxidation sites excluding steroid dienone is 4. The summed E-state index contributed by atoms with van der Waals surface area (Å²) in [4.78, 5) is 10.6. The quantitative estimate of drug-likeness (QED) is 0.158. The molecule has 4 aromatic carbocycles. The molecule has 13 heteroatoms. The van der Waals surface area contributed by atoms with Crippen LogP contribution in [0.1, 0.15) is 39.3 Å². The van der Waals surface area contributed by atoms with E-state index < -0.39 is 5.62 Å². The first-order valence-electron chi connectivity index (χ1n) is 17.7. The third-order valence-corrected chi connectivity index (χ3v) is 13.4. The summed E-state index contributed by atoms with van der Waals surface area (Å²) in [5.41, 5.74) is 7.28. The van der Waals surface area contributed by atoms with E-state index in [-0.39, 0.29) is 0 Å². The molecule has 284 valence electrons. The van der Waals surface area contributed by atoms with E-state index >= 15 is 0 Å². The Kier molecular flexibility index (Phi) is 9.69. The van der Waals surface area contributed by atoms with Gasteiger partial charge in [-0.1, -0.05) is 129 Å². The van der Waals surface area contributed by atoms with Gasteiger partial charge in [0.2, 0.25) is 0 Å². The van der Waals surface area contributed by atoms with E-state index in [4.69, 9.17) is 114 Å². The molecule has 0 amide bonds. The van der Waals surface area contributed by atoms with Crippen molar-refractivity contribution in [3.63, 3.8) is 0 Å². The fraction of sp³-hybridized carbons (Fsp3) is 0.0222. The molecule has 6 heterocycles. The molecule has 1 unspecified atom stereocenters. The van der Waals surface area contributed by atoms with E-state index in [0.717, 1.165) is 0 Å². The highest BCUT2D eigenvalue weighted by molar-refractivity contribution is 6.44. The summed E-state index contributed by atoms with van der Waals surface area (Å²) < 4.78 is 3.99. The topological polar surface area (TPSA) is 34.6 Å². The van der Waals surface area contributed by atoms with Crippen LogP contribution in [0.25, 0.3) is 22.3 Å². The highest BCUT2D eigenvalue weighted by Crippen LogP contribution is 2.47. The highest BCUT2D eigenvalue weighted by atomic mass is 35.5. The van der Waals surface area contributed by atoms with Crippen molar-refractivity contribution in [1.82, 2.24) is 9.13 Å². The number of hydrogen-bond donors (Lipinski definition) is 0. The maximum absolute atomic E-state index is 8.14.